The average Bonchev–Trinajstić information content (AvgIpc) is 2.30. The molecule has 0 heterocycles. The molecule has 0 heteroatoms. The van der Waals surface area contributed by atoms with E-state index in [4.69, 9.17) is 0 Å². The van der Waals surface area contributed by atoms with Gasteiger partial charge in [-0.1, -0.05) is 51.5 Å². The number of unbranched alkanes of at least 4 members (excludes halogenated alkanes) is 4. The van der Waals surface area contributed by atoms with Crippen molar-refractivity contribution in [2.24, 2.45) is 11.8 Å². The molecule has 0 aromatic heterocycles. The first-order chi connectivity index (χ1) is 7.36. The summed E-state index contributed by atoms with van der Waals surface area (Å²) in [5.74, 6) is 1.88. The Balaban J connectivity index is 1.96. The van der Waals surface area contributed by atoms with Crippen molar-refractivity contribution in [3.05, 3.63) is 12.7 Å². The van der Waals surface area contributed by atoms with Crippen LogP contribution in [0, 0.1) is 11.8 Å². The fraction of sp³-hybridized carbons (Fsp3) is 0.867. The second kappa shape index (κ2) is 7.96. The van der Waals surface area contributed by atoms with Crippen LogP contribution in [0.5, 0.6) is 0 Å². The van der Waals surface area contributed by atoms with Gasteiger partial charge in [-0.05, 0) is 37.5 Å². The van der Waals surface area contributed by atoms with E-state index in [1.54, 1.807) is 0 Å². The van der Waals surface area contributed by atoms with Crippen LogP contribution in [0.4, 0.5) is 0 Å². The van der Waals surface area contributed by atoms with Crippen LogP contribution >= 0.6 is 0 Å². The summed E-state index contributed by atoms with van der Waals surface area (Å²) in [4.78, 5) is 0. The number of hydrogen-bond acceptors (Lipinski definition) is 0. The zero-order valence-corrected chi connectivity index (χ0v) is 10.5. The Morgan fingerprint density at radius 3 is 2.27 bits per heavy atom. The van der Waals surface area contributed by atoms with Crippen molar-refractivity contribution < 1.29 is 0 Å². The molecule has 0 unspecified atom stereocenters. The topological polar surface area (TPSA) is 0 Å². The van der Waals surface area contributed by atoms with Gasteiger partial charge in [-0.15, -0.1) is 6.58 Å². The zero-order chi connectivity index (χ0) is 10.9. The Hall–Kier alpha value is -0.260. The maximum absolute atomic E-state index is 3.91. The van der Waals surface area contributed by atoms with E-state index < -0.39 is 0 Å². The Labute approximate surface area is 96.2 Å². The second-order valence-corrected chi connectivity index (χ2v) is 5.22. The van der Waals surface area contributed by atoms with Gasteiger partial charge in [0, 0.05) is 0 Å². The van der Waals surface area contributed by atoms with E-state index in [1.807, 2.05) is 0 Å². The molecule has 1 saturated carbocycles. The highest BCUT2D eigenvalue weighted by molar-refractivity contribution is 4.83. The zero-order valence-electron chi connectivity index (χ0n) is 10.5. The highest BCUT2D eigenvalue weighted by Crippen LogP contribution is 2.32. The van der Waals surface area contributed by atoms with Gasteiger partial charge in [0.1, 0.15) is 0 Å². The molecule has 1 aliphatic rings. The largest absolute Gasteiger partial charge is 0.103 e. The molecule has 0 spiro atoms. The Morgan fingerprint density at radius 1 is 1.00 bits per heavy atom. The van der Waals surface area contributed by atoms with Crippen molar-refractivity contribution in [2.75, 3.05) is 0 Å². The van der Waals surface area contributed by atoms with E-state index >= 15 is 0 Å². The number of rotatable bonds is 7. The lowest BCUT2D eigenvalue weighted by Gasteiger charge is -2.26. The second-order valence-electron chi connectivity index (χ2n) is 5.22. The van der Waals surface area contributed by atoms with Crippen LogP contribution in [-0.2, 0) is 0 Å². The first-order valence-electron chi connectivity index (χ1n) is 6.99. The van der Waals surface area contributed by atoms with Crippen LogP contribution in [0.25, 0.3) is 0 Å². The van der Waals surface area contributed by atoms with Crippen molar-refractivity contribution in [3.63, 3.8) is 0 Å². The first kappa shape index (κ1) is 12.8. The van der Waals surface area contributed by atoms with Gasteiger partial charge in [0.05, 0.1) is 0 Å². The quantitative estimate of drug-likeness (QED) is 0.391. The lowest BCUT2D eigenvalue weighted by molar-refractivity contribution is 0.289. The minimum Gasteiger partial charge on any atom is -0.103 e. The number of allylic oxidation sites excluding steroid dienone is 1. The lowest BCUT2D eigenvalue weighted by Crippen LogP contribution is -2.12. The van der Waals surface area contributed by atoms with Crippen molar-refractivity contribution in [3.8, 4) is 0 Å². The van der Waals surface area contributed by atoms with E-state index in [9.17, 15) is 0 Å². The summed E-state index contributed by atoms with van der Waals surface area (Å²) in [5, 5.41) is 0. The summed E-state index contributed by atoms with van der Waals surface area (Å²) < 4.78 is 0. The maximum atomic E-state index is 3.91. The van der Waals surface area contributed by atoms with Crippen molar-refractivity contribution in [2.45, 2.75) is 71.1 Å². The third-order valence-electron chi connectivity index (χ3n) is 3.94. The van der Waals surface area contributed by atoms with Gasteiger partial charge < -0.3 is 0 Å². The molecule has 0 atom stereocenters. The minimum atomic E-state index is 0.835. The smallest absolute Gasteiger partial charge is 0.0236 e. The molecular weight excluding hydrogens is 180 g/mol. The summed E-state index contributed by atoms with van der Waals surface area (Å²) in [5.41, 5.74) is 0. The molecule has 1 aliphatic carbocycles. The summed E-state index contributed by atoms with van der Waals surface area (Å²) in [6, 6.07) is 0. The third-order valence-corrected chi connectivity index (χ3v) is 3.94. The molecule has 0 N–H and O–H groups in total. The van der Waals surface area contributed by atoms with Gasteiger partial charge >= 0.3 is 0 Å². The average molecular weight is 208 g/mol. The molecule has 0 amide bonds. The lowest BCUT2D eigenvalue weighted by atomic mass is 9.80. The highest BCUT2D eigenvalue weighted by Gasteiger charge is 2.18. The van der Waals surface area contributed by atoms with Crippen LogP contribution in [-0.4, -0.2) is 0 Å². The van der Waals surface area contributed by atoms with Crippen LogP contribution < -0.4 is 0 Å². The fourth-order valence-corrected chi connectivity index (χ4v) is 2.75. The minimum absolute atomic E-state index is 0.835. The van der Waals surface area contributed by atoms with Gasteiger partial charge in [-0.2, -0.15) is 0 Å². The molecule has 1 fully saturated rings. The van der Waals surface area contributed by atoms with E-state index in [0.717, 1.165) is 11.8 Å². The van der Waals surface area contributed by atoms with Crippen LogP contribution in [0.1, 0.15) is 71.1 Å². The molecule has 0 radical (unpaired) electrons. The first-order valence-corrected chi connectivity index (χ1v) is 6.99. The molecule has 1 rings (SSSR count). The molecule has 0 saturated heterocycles. The van der Waals surface area contributed by atoms with E-state index in [2.05, 4.69) is 19.6 Å². The van der Waals surface area contributed by atoms with Gasteiger partial charge in [-0.25, -0.2) is 0 Å². The van der Waals surface area contributed by atoms with E-state index in [1.165, 1.54) is 64.2 Å². The molecular formula is C15H28. The van der Waals surface area contributed by atoms with Crippen LogP contribution in [0.2, 0.25) is 0 Å². The predicted octanol–water partition coefficient (Wildman–Crippen LogP) is 5.34. The summed E-state index contributed by atoms with van der Waals surface area (Å²) in [7, 11) is 0. The van der Waals surface area contributed by atoms with Crippen LogP contribution in [0.3, 0.4) is 0 Å². The SMILES string of the molecule is C=CC1CCC(CCCCCCC)CC1. The molecule has 0 aliphatic heterocycles. The van der Waals surface area contributed by atoms with E-state index in [0.29, 0.717) is 0 Å². The molecule has 0 bridgehead atoms. The van der Waals surface area contributed by atoms with Gasteiger partial charge in [-0.3, -0.25) is 0 Å². The standard InChI is InChI=1S/C15H28/c1-3-5-6-7-8-9-15-12-10-14(4-2)11-13-15/h4,14-15H,2-3,5-13H2,1H3. The Morgan fingerprint density at radius 2 is 1.67 bits per heavy atom. The third kappa shape index (κ3) is 5.39. The Bertz CT molecular complexity index is 151. The summed E-state index contributed by atoms with van der Waals surface area (Å²) >= 11 is 0. The van der Waals surface area contributed by atoms with Crippen molar-refractivity contribution in [1.29, 1.82) is 0 Å². The Kier molecular flexibility index (Phi) is 6.80. The fourth-order valence-electron chi connectivity index (χ4n) is 2.75. The van der Waals surface area contributed by atoms with Gasteiger partial charge in [0.2, 0.25) is 0 Å². The van der Waals surface area contributed by atoms with Crippen molar-refractivity contribution >= 4 is 0 Å². The molecule has 88 valence electrons. The molecule has 0 aromatic rings. The summed E-state index contributed by atoms with van der Waals surface area (Å²) in [6.07, 6.45) is 16.6. The predicted molar refractivity (Wildman–Crippen MR) is 69.0 cm³/mol. The van der Waals surface area contributed by atoms with E-state index in [-0.39, 0.29) is 0 Å². The number of hydrogen-bond donors (Lipinski definition) is 0. The van der Waals surface area contributed by atoms with Gasteiger partial charge in [0.25, 0.3) is 0 Å². The monoisotopic (exact) mass is 208 g/mol. The summed E-state index contributed by atoms with van der Waals surface area (Å²) in [6.45, 7) is 6.19. The highest BCUT2D eigenvalue weighted by atomic mass is 14.2. The molecule has 0 aromatic carbocycles. The van der Waals surface area contributed by atoms with Crippen molar-refractivity contribution in [1.82, 2.24) is 0 Å². The van der Waals surface area contributed by atoms with Gasteiger partial charge in [0.15, 0.2) is 0 Å². The maximum Gasteiger partial charge on any atom is -0.0236 e. The normalized spacial score (nSPS) is 26.5. The molecule has 15 heavy (non-hydrogen) atoms. The molecule has 0 nitrogen and oxygen atoms in total. The van der Waals surface area contributed by atoms with Crippen LogP contribution in [0.15, 0.2) is 12.7 Å².